The lowest BCUT2D eigenvalue weighted by atomic mass is 10.1. The molecule has 0 amide bonds. The van der Waals surface area contributed by atoms with Crippen molar-refractivity contribution < 1.29 is 13.2 Å². The van der Waals surface area contributed by atoms with Crippen LogP contribution in [0, 0.1) is 6.92 Å². The minimum absolute atomic E-state index is 0.199. The second-order valence-corrected chi connectivity index (χ2v) is 10.0. The van der Waals surface area contributed by atoms with Crippen LogP contribution >= 0.6 is 0 Å². The molecule has 4 heterocycles. The number of morpholine rings is 1. The van der Waals surface area contributed by atoms with E-state index in [0.29, 0.717) is 30.5 Å². The molecule has 3 aromatic rings. The molecule has 1 unspecified atom stereocenters. The van der Waals surface area contributed by atoms with Crippen molar-refractivity contribution in [1.29, 1.82) is 0 Å². The van der Waals surface area contributed by atoms with E-state index in [-0.39, 0.29) is 6.04 Å². The Balaban J connectivity index is 1.50. The molecule has 2 aromatic heterocycles. The van der Waals surface area contributed by atoms with Gasteiger partial charge in [-0.3, -0.25) is 5.10 Å². The minimum atomic E-state index is -3.21. The maximum Gasteiger partial charge on any atom is 0.175 e. The summed E-state index contributed by atoms with van der Waals surface area (Å²) in [7, 11) is -3.21. The molecule has 162 valence electrons. The normalized spacial score (nSPS) is 18.6. The molecule has 0 radical (unpaired) electrons. The summed E-state index contributed by atoms with van der Waals surface area (Å²) in [6, 6.07) is 7.25. The van der Waals surface area contributed by atoms with Crippen LogP contribution in [0.4, 0.5) is 11.5 Å². The minimum Gasteiger partial charge on any atom is -0.377 e. The molecule has 0 saturated carbocycles. The Labute approximate surface area is 181 Å². The number of aromatic amines is 1. The van der Waals surface area contributed by atoms with E-state index in [0.717, 1.165) is 41.4 Å². The van der Waals surface area contributed by atoms with Gasteiger partial charge in [-0.05, 0) is 24.6 Å². The van der Waals surface area contributed by atoms with Crippen molar-refractivity contribution in [2.24, 2.45) is 0 Å². The topological polar surface area (TPSA) is 104 Å². The molecule has 31 heavy (non-hydrogen) atoms. The van der Waals surface area contributed by atoms with Crippen LogP contribution < -0.4 is 9.80 Å². The Bertz CT molecular complexity index is 1210. The number of nitrogens with one attached hydrogen (secondary N) is 1. The molecule has 5 rings (SSSR count). The maximum absolute atomic E-state index is 11.8. The van der Waals surface area contributed by atoms with Gasteiger partial charge in [0.1, 0.15) is 0 Å². The quantitative estimate of drug-likeness (QED) is 0.655. The summed E-state index contributed by atoms with van der Waals surface area (Å²) < 4.78 is 29.2. The molecule has 1 N–H and O–H groups in total. The van der Waals surface area contributed by atoms with E-state index in [1.807, 2.05) is 31.5 Å². The molecule has 9 nitrogen and oxygen atoms in total. The molecule has 2 aliphatic heterocycles. The average molecular weight is 441 g/mol. The van der Waals surface area contributed by atoms with Crippen LogP contribution in [0.15, 0.2) is 41.6 Å². The fraction of sp³-hybridized carbons (Fsp3) is 0.381. The number of ether oxygens (including phenoxy) is 1. The van der Waals surface area contributed by atoms with Crippen molar-refractivity contribution in [3.05, 3.63) is 47.9 Å². The van der Waals surface area contributed by atoms with Gasteiger partial charge in [0.25, 0.3) is 0 Å². The standard InChI is InChI=1S/C21H24N6O3S/c1-14-18(9-23-25-14)20-22-10-19-21(24-20)27-7-8-30-13-16(27)12-26(19)11-15-3-5-17(6-4-15)31(2,28)29/h3-6,9-10,16H,7-8,11-13H2,1-2H3,(H,23,25). The Hall–Kier alpha value is -2.98. The molecule has 0 bridgehead atoms. The average Bonchev–Trinajstić information content (AvgIpc) is 3.19. The van der Waals surface area contributed by atoms with Crippen LogP contribution in [-0.2, 0) is 21.1 Å². The van der Waals surface area contributed by atoms with Crippen molar-refractivity contribution in [2.75, 3.05) is 42.4 Å². The number of hydrogen-bond acceptors (Lipinski definition) is 8. The Morgan fingerprint density at radius 3 is 2.77 bits per heavy atom. The first-order valence-corrected chi connectivity index (χ1v) is 12.1. The van der Waals surface area contributed by atoms with Crippen LogP contribution in [0.3, 0.4) is 0 Å². The second-order valence-electron chi connectivity index (χ2n) is 8.01. The zero-order chi connectivity index (χ0) is 21.6. The fourth-order valence-electron chi connectivity index (χ4n) is 4.17. The van der Waals surface area contributed by atoms with Gasteiger partial charge in [-0.25, -0.2) is 18.4 Å². The lowest BCUT2D eigenvalue weighted by Crippen LogP contribution is -2.55. The van der Waals surface area contributed by atoms with Gasteiger partial charge in [-0.15, -0.1) is 0 Å². The van der Waals surface area contributed by atoms with Crippen LogP contribution in [-0.4, -0.2) is 67.2 Å². The number of aryl methyl sites for hydroxylation is 1. The molecule has 10 heteroatoms. The summed E-state index contributed by atoms with van der Waals surface area (Å²) in [6.07, 6.45) is 4.91. The monoisotopic (exact) mass is 440 g/mol. The predicted octanol–water partition coefficient (Wildman–Crippen LogP) is 1.80. The van der Waals surface area contributed by atoms with Gasteiger partial charge < -0.3 is 14.5 Å². The van der Waals surface area contributed by atoms with E-state index in [4.69, 9.17) is 9.72 Å². The molecule has 1 saturated heterocycles. The second kappa shape index (κ2) is 7.61. The SMILES string of the molecule is Cc1n[nH]cc1-c1ncc2c(n1)N1CCOCC1CN2Cc1ccc(S(C)(=O)=O)cc1. The molecule has 1 fully saturated rings. The summed E-state index contributed by atoms with van der Waals surface area (Å²) in [5.41, 5.74) is 3.74. The maximum atomic E-state index is 11.8. The number of anilines is 2. The van der Waals surface area contributed by atoms with Crippen molar-refractivity contribution in [3.63, 3.8) is 0 Å². The molecule has 1 aromatic carbocycles. The first-order valence-electron chi connectivity index (χ1n) is 10.2. The molecule has 1 atom stereocenters. The number of H-pyrrole nitrogens is 1. The highest BCUT2D eigenvalue weighted by molar-refractivity contribution is 7.90. The van der Waals surface area contributed by atoms with Gasteiger partial charge in [0, 0.05) is 32.1 Å². The van der Waals surface area contributed by atoms with Crippen molar-refractivity contribution in [1.82, 2.24) is 20.2 Å². The van der Waals surface area contributed by atoms with Crippen LogP contribution in [0.25, 0.3) is 11.4 Å². The lowest BCUT2D eigenvalue weighted by Gasteiger charge is -2.45. The molecule has 0 aliphatic carbocycles. The summed E-state index contributed by atoms with van der Waals surface area (Å²) in [6.45, 7) is 5.46. The third kappa shape index (κ3) is 3.77. The number of sulfone groups is 1. The molecule has 0 spiro atoms. The number of aromatic nitrogens is 4. The highest BCUT2D eigenvalue weighted by Crippen LogP contribution is 2.37. The number of nitrogens with zero attached hydrogens (tertiary/aromatic N) is 5. The van der Waals surface area contributed by atoms with Gasteiger partial charge in [-0.2, -0.15) is 5.10 Å². The van der Waals surface area contributed by atoms with Gasteiger partial charge in [0.15, 0.2) is 21.5 Å². The van der Waals surface area contributed by atoms with Crippen LogP contribution in [0.2, 0.25) is 0 Å². The van der Waals surface area contributed by atoms with E-state index >= 15 is 0 Å². The smallest absolute Gasteiger partial charge is 0.175 e. The van der Waals surface area contributed by atoms with Crippen molar-refractivity contribution in [3.8, 4) is 11.4 Å². The number of hydrogen-bond donors (Lipinski definition) is 1. The van der Waals surface area contributed by atoms with Gasteiger partial charge in [-0.1, -0.05) is 12.1 Å². The van der Waals surface area contributed by atoms with Gasteiger partial charge >= 0.3 is 0 Å². The third-order valence-electron chi connectivity index (χ3n) is 5.82. The number of rotatable bonds is 4. The molecule has 2 aliphatic rings. The first kappa shape index (κ1) is 20.0. The zero-order valence-electron chi connectivity index (χ0n) is 17.4. The Kier molecular flexibility index (Phi) is 4.90. The van der Waals surface area contributed by atoms with E-state index in [1.54, 1.807) is 12.1 Å². The van der Waals surface area contributed by atoms with E-state index in [2.05, 4.69) is 25.0 Å². The van der Waals surface area contributed by atoms with Crippen LogP contribution in [0.5, 0.6) is 0 Å². The Morgan fingerprint density at radius 1 is 1.26 bits per heavy atom. The zero-order valence-corrected chi connectivity index (χ0v) is 18.3. The van der Waals surface area contributed by atoms with Crippen molar-refractivity contribution in [2.45, 2.75) is 24.4 Å². The third-order valence-corrected chi connectivity index (χ3v) is 6.95. The largest absolute Gasteiger partial charge is 0.377 e. The van der Waals surface area contributed by atoms with Crippen LogP contribution in [0.1, 0.15) is 11.3 Å². The predicted molar refractivity (Wildman–Crippen MR) is 117 cm³/mol. The number of benzene rings is 1. The van der Waals surface area contributed by atoms with Gasteiger partial charge in [0.2, 0.25) is 0 Å². The summed E-state index contributed by atoms with van der Waals surface area (Å²) in [5.74, 6) is 1.55. The van der Waals surface area contributed by atoms with E-state index in [9.17, 15) is 8.42 Å². The summed E-state index contributed by atoms with van der Waals surface area (Å²) >= 11 is 0. The molecular weight excluding hydrogens is 416 g/mol. The first-order chi connectivity index (χ1) is 14.9. The van der Waals surface area contributed by atoms with Gasteiger partial charge in [0.05, 0.1) is 47.3 Å². The summed E-state index contributed by atoms with van der Waals surface area (Å²) in [4.78, 5) is 14.4. The lowest BCUT2D eigenvalue weighted by molar-refractivity contribution is 0.0936. The fourth-order valence-corrected chi connectivity index (χ4v) is 4.80. The Morgan fingerprint density at radius 2 is 2.06 bits per heavy atom. The highest BCUT2D eigenvalue weighted by atomic mass is 32.2. The number of fused-ring (bicyclic) bond motifs is 3. The van der Waals surface area contributed by atoms with Crippen molar-refractivity contribution >= 4 is 21.3 Å². The summed E-state index contributed by atoms with van der Waals surface area (Å²) in [5, 5.41) is 7.06. The van der Waals surface area contributed by atoms with E-state index in [1.165, 1.54) is 6.26 Å². The van der Waals surface area contributed by atoms with E-state index < -0.39 is 9.84 Å². The molecular formula is C21H24N6O3S. The highest BCUT2D eigenvalue weighted by Gasteiger charge is 2.35.